The third-order valence-corrected chi connectivity index (χ3v) is 10.1. The number of aliphatic carboxylic acids is 1. The largest absolute Gasteiger partial charge is 0.481 e. The van der Waals surface area contributed by atoms with E-state index in [1.54, 1.807) is 58.8 Å². The van der Waals surface area contributed by atoms with Gasteiger partial charge in [-0.3, -0.25) is 19.2 Å². The van der Waals surface area contributed by atoms with Gasteiger partial charge in [0.05, 0.1) is 24.6 Å². The lowest BCUT2D eigenvalue weighted by Gasteiger charge is -2.49. The van der Waals surface area contributed by atoms with Gasteiger partial charge in [-0.15, -0.1) is 11.3 Å². The van der Waals surface area contributed by atoms with Crippen LogP contribution in [0.1, 0.15) is 69.6 Å². The highest BCUT2D eigenvalue weighted by atomic mass is 35.5. The van der Waals surface area contributed by atoms with E-state index in [0.717, 1.165) is 24.0 Å². The van der Waals surface area contributed by atoms with Crippen molar-refractivity contribution in [2.24, 2.45) is 0 Å². The summed E-state index contributed by atoms with van der Waals surface area (Å²) in [6.07, 6.45) is 3.56. The topological polar surface area (TPSA) is 142 Å². The van der Waals surface area contributed by atoms with Gasteiger partial charge in [0.2, 0.25) is 10.0 Å². The summed E-state index contributed by atoms with van der Waals surface area (Å²) in [6.45, 7) is 0.00236. The lowest BCUT2D eigenvalue weighted by Crippen LogP contribution is -2.59. The van der Waals surface area contributed by atoms with Gasteiger partial charge < -0.3 is 10.0 Å². The highest BCUT2D eigenvalue weighted by Gasteiger charge is 2.49. The van der Waals surface area contributed by atoms with E-state index in [1.165, 1.54) is 11.3 Å². The minimum atomic E-state index is -3.60. The monoisotopic (exact) mass is 679 g/mol. The number of nitrogens with one attached hydrogen (secondary N) is 2. The van der Waals surface area contributed by atoms with Crippen LogP contribution in [0.5, 0.6) is 0 Å². The number of carbonyl (C=O) groups excluding carboxylic acids is 2. The highest BCUT2D eigenvalue weighted by Crippen LogP contribution is 2.47. The quantitative estimate of drug-likeness (QED) is 0.254. The Hall–Kier alpha value is -3.00. The van der Waals surface area contributed by atoms with Crippen molar-refractivity contribution in [1.82, 2.24) is 15.1 Å². The third-order valence-electron chi connectivity index (χ3n) is 7.84. The highest BCUT2D eigenvalue weighted by molar-refractivity contribution is 7.88. The Labute approximate surface area is 269 Å². The number of fused-ring (bicyclic) bond motifs is 1. The second-order valence-corrected chi connectivity index (χ2v) is 14.6. The molecule has 3 N–H and O–H groups in total. The van der Waals surface area contributed by atoms with Gasteiger partial charge in [-0.25, -0.2) is 18.6 Å². The lowest BCUT2D eigenvalue weighted by atomic mass is 9.76. The molecule has 0 saturated heterocycles. The molecular formula is C30H31Cl2N3O7S2. The van der Waals surface area contributed by atoms with Crippen LogP contribution in [0.2, 0.25) is 10.0 Å². The minimum Gasteiger partial charge on any atom is -0.481 e. The van der Waals surface area contributed by atoms with Gasteiger partial charge in [0, 0.05) is 32.6 Å². The molecule has 2 amide bonds. The number of halogens is 2. The van der Waals surface area contributed by atoms with Crippen LogP contribution in [0.15, 0.2) is 53.9 Å². The lowest BCUT2D eigenvalue weighted by molar-refractivity contribution is -0.138. The van der Waals surface area contributed by atoms with Crippen molar-refractivity contribution in [3.63, 3.8) is 0 Å². The summed E-state index contributed by atoms with van der Waals surface area (Å²) < 4.78 is 27.4. The van der Waals surface area contributed by atoms with Crippen LogP contribution in [-0.4, -0.2) is 54.5 Å². The molecule has 14 heteroatoms. The van der Waals surface area contributed by atoms with Crippen LogP contribution in [-0.2, 0) is 37.5 Å². The second kappa shape index (κ2) is 13.6. The summed E-state index contributed by atoms with van der Waals surface area (Å²) in [5, 5.41) is 11.4. The molecule has 5 rings (SSSR count). The fourth-order valence-electron chi connectivity index (χ4n) is 6.14. The Morgan fingerprint density at radius 2 is 1.84 bits per heavy atom. The van der Waals surface area contributed by atoms with Gasteiger partial charge in [-0.05, 0) is 59.2 Å². The number of amides is 2. The second-order valence-electron chi connectivity index (χ2n) is 11.0. The number of carboxylic acid groups (broad SMARTS) is 1. The summed E-state index contributed by atoms with van der Waals surface area (Å²) in [6, 6.07) is 11.4. The van der Waals surface area contributed by atoms with Gasteiger partial charge in [0.25, 0.3) is 11.8 Å². The van der Waals surface area contributed by atoms with Crippen LogP contribution in [0.25, 0.3) is 0 Å². The molecule has 44 heavy (non-hydrogen) atoms. The van der Waals surface area contributed by atoms with Gasteiger partial charge >= 0.3 is 5.97 Å². The Bertz CT molecular complexity index is 1680. The zero-order valence-corrected chi connectivity index (χ0v) is 26.8. The Morgan fingerprint density at radius 3 is 2.57 bits per heavy atom. The molecule has 0 unspecified atom stereocenters. The SMILES string of the molecule is CS(=O)(=O)N[C@H]1CCCC[C@@H]1N1C(=O)c2ccccc2[C@@H](C(=O)NOCc2cc(CC(=O)O)cs2)[C@@H]1c1ccc(Cl)cc1Cl. The first-order valence-electron chi connectivity index (χ1n) is 14.0. The molecule has 4 atom stereocenters. The Kier molecular flexibility index (Phi) is 9.98. The van der Waals surface area contributed by atoms with E-state index in [2.05, 4.69) is 10.2 Å². The molecule has 1 aromatic heterocycles. The number of nitrogens with zero attached hydrogens (tertiary/aromatic N) is 1. The van der Waals surface area contributed by atoms with Crippen LogP contribution >= 0.6 is 34.5 Å². The maximum absolute atomic E-state index is 14.3. The number of hydrogen-bond donors (Lipinski definition) is 3. The van der Waals surface area contributed by atoms with Crippen molar-refractivity contribution in [1.29, 1.82) is 0 Å². The molecular weight excluding hydrogens is 649 g/mol. The summed E-state index contributed by atoms with van der Waals surface area (Å²) in [5.74, 6) is -2.79. The fourth-order valence-corrected chi connectivity index (χ4v) is 8.28. The predicted octanol–water partition coefficient (Wildman–Crippen LogP) is 5.07. The normalized spacial score (nSPS) is 22.0. The number of carbonyl (C=O) groups is 3. The average molecular weight is 681 g/mol. The number of benzene rings is 2. The molecule has 2 aromatic carbocycles. The molecule has 1 aliphatic carbocycles. The number of thiophene rings is 1. The third kappa shape index (κ3) is 7.27. The van der Waals surface area contributed by atoms with E-state index in [4.69, 9.17) is 33.1 Å². The smallest absolute Gasteiger partial charge is 0.307 e. The van der Waals surface area contributed by atoms with E-state index >= 15 is 0 Å². The van der Waals surface area contributed by atoms with E-state index in [1.807, 2.05) is 0 Å². The van der Waals surface area contributed by atoms with Crippen molar-refractivity contribution < 1.29 is 32.7 Å². The minimum absolute atomic E-state index is 0.00236. The summed E-state index contributed by atoms with van der Waals surface area (Å²) in [7, 11) is -3.60. The molecule has 10 nitrogen and oxygen atoms in total. The molecule has 3 aromatic rings. The van der Waals surface area contributed by atoms with E-state index < -0.39 is 45.9 Å². The molecule has 2 aliphatic rings. The number of carboxylic acids is 1. The number of hydroxylamine groups is 1. The first-order chi connectivity index (χ1) is 20.9. The molecule has 1 aliphatic heterocycles. The zero-order chi connectivity index (χ0) is 31.6. The fraction of sp³-hybridized carbons (Fsp3) is 0.367. The summed E-state index contributed by atoms with van der Waals surface area (Å²) in [5.41, 5.74) is 4.47. The summed E-state index contributed by atoms with van der Waals surface area (Å²) >= 11 is 14.3. The van der Waals surface area contributed by atoms with Crippen LogP contribution in [0, 0.1) is 0 Å². The van der Waals surface area contributed by atoms with Crippen molar-refractivity contribution in [2.75, 3.05) is 6.26 Å². The molecule has 0 radical (unpaired) electrons. The molecule has 2 heterocycles. The first-order valence-corrected chi connectivity index (χ1v) is 17.5. The Balaban J connectivity index is 1.54. The van der Waals surface area contributed by atoms with Crippen LogP contribution in [0.3, 0.4) is 0 Å². The Morgan fingerprint density at radius 1 is 1.09 bits per heavy atom. The van der Waals surface area contributed by atoms with Crippen LogP contribution < -0.4 is 10.2 Å². The number of sulfonamides is 1. The molecule has 1 saturated carbocycles. The van der Waals surface area contributed by atoms with Crippen molar-refractivity contribution in [2.45, 2.75) is 62.8 Å². The number of rotatable bonds is 10. The maximum atomic E-state index is 14.3. The molecule has 234 valence electrons. The molecule has 0 bridgehead atoms. The van der Waals surface area contributed by atoms with Crippen LogP contribution in [0.4, 0.5) is 0 Å². The van der Waals surface area contributed by atoms with Gasteiger partial charge in [0.15, 0.2) is 0 Å². The average Bonchev–Trinajstić information content (AvgIpc) is 3.39. The predicted molar refractivity (Wildman–Crippen MR) is 167 cm³/mol. The van der Waals surface area contributed by atoms with Gasteiger partial charge in [-0.1, -0.05) is 60.3 Å². The van der Waals surface area contributed by atoms with Crippen molar-refractivity contribution in [3.8, 4) is 0 Å². The molecule has 1 fully saturated rings. The van der Waals surface area contributed by atoms with Crippen molar-refractivity contribution in [3.05, 3.63) is 91.1 Å². The first kappa shape index (κ1) is 32.4. The zero-order valence-electron chi connectivity index (χ0n) is 23.7. The molecule has 0 spiro atoms. The maximum Gasteiger partial charge on any atom is 0.307 e. The van der Waals surface area contributed by atoms with Crippen molar-refractivity contribution >= 4 is 62.3 Å². The number of hydrogen-bond acceptors (Lipinski definition) is 7. The van der Waals surface area contributed by atoms with E-state index in [-0.39, 0.29) is 24.0 Å². The van der Waals surface area contributed by atoms with Gasteiger partial charge in [0.1, 0.15) is 6.61 Å². The van der Waals surface area contributed by atoms with E-state index in [0.29, 0.717) is 40.1 Å². The van der Waals surface area contributed by atoms with Gasteiger partial charge in [-0.2, -0.15) is 0 Å². The summed E-state index contributed by atoms with van der Waals surface area (Å²) in [4.78, 5) is 47.4. The standard InChI is InChI=1S/C30H31Cl2N3O7S2/c1-44(40,41)34-24-8-4-5-9-25(24)35-28(22-11-10-18(31)14-23(22)32)27(20-6-2-3-7-21(20)30(35)39)29(38)33-42-15-19-12-17(16-43-19)13-26(36)37/h2-3,6-7,10-12,14,16,24-25,27-28,34H,4-5,8-9,13,15H2,1H3,(H,33,38)(H,36,37)/t24-,25-,27+,28-/m0/s1. The van der Waals surface area contributed by atoms with E-state index in [9.17, 15) is 22.8 Å².